The number of methoxy groups -OCH3 is 1. The van der Waals surface area contributed by atoms with Crippen LogP contribution in [0.2, 0.25) is 0 Å². The van der Waals surface area contributed by atoms with Gasteiger partial charge >= 0.3 is 0 Å². The van der Waals surface area contributed by atoms with E-state index < -0.39 is 10.0 Å². The molecule has 0 bridgehead atoms. The Balaban J connectivity index is 1.98. The van der Waals surface area contributed by atoms with Crippen molar-refractivity contribution in [1.29, 1.82) is 0 Å². The van der Waals surface area contributed by atoms with Crippen LogP contribution in [0.1, 0.15) is 62.3 Å². The van der Waals surface area contributed by atoms with Crippen LogP contribution >= 0.6 is 0 Å². The number of unbranched alkanes of at least 4 members (excludes halogenated alkanes) is 5. The number of hydrogen-bond acceptors (Lipinski definition) is 3. The molecule has 0 saturated heterocycles. The van der Waals surface area contributed by atoms with Crippen LogP contribution in [0.5, 0.6) is 5.75 Å². The standard InChI is InChI=1S/C27H35NO3S/c1-5-6-7-8-9-10-11-27-22(3)26(23-14-16-24(31-4)17-15-23)20-28(27)32(29,30)25-18-12-21(2)13-19-25/h12-20H,5-11H2,1-4H3. The van der Waals surface area contributed by atoms with Gasteiger partial charge in [0.15, 0.2) is 0 Å². The lowest BCUT2D eigenvalue weighted by molar-refractivity contribution is 0.415. The number of rotatable bonds is 11. The zero-order valence-electron chi connectivity index (χ0n) is 19.7. The number of ether oxygens (including phenoxy) is 1. The van der Waals surface area contributed by atoms with Crippen molar-refractivity contribution in [3.63, 3.8) is 0 Å². The fourth-order valence-electron chi connectivity index (χ4n) is 4.08. The maximum absolute atomic E-state index is 13.6. The number of nitrogens with zero attached hydrogens (tertiary/aromatic N) is 1. The molecule has 0 spiro atoms. The number of hydrogen-bond donors (Lipinski definition) is 0. The first-order valence-electron chi connectivity index (χ1n) is 11.6. The topological polar surface area (TPSA) is 48.3 Å². The van der Waals surface area contributed by atoms with Crippen LogP contribution in [-0.2, 0) is 16.4 Å². The molecule has 0 aliphatic heterocycles. The summed E-state index contributed by atoms with van der Waals surface area (Å²) in [6.07, 6.45) is 9.57. The fourth-order valence-corrected chi connectivity index (χ4v) is 5.55. The van der Waals surface area contributed by atoms with Gasteiger partial charge in [-0.2, -0.15) is 0 Å². The predicted molar refractivity (Wildman–Crippen MR) is 132 cm³/mol. The second-order valence-corrected chi connectivity index (χ2v) is 10.3. The Morgan fingerprint density at radius 2 is 1.47 bits per heavy atom. The highest BCUT2D eigenvalue weighted by atomic mass is 32.2. The lowest BCUT2D eigenvalue weighted by atomic mass is 10.0. The van der Waals surface area contributed by atoms with Crippen molar-refractivity contribution >= 4 is 10.0 Å². The Hall–Kier alpha value is -2.53. The number of aryl methyl sites for hydroxylation is 1. The van der Waals surface area contributed by atoms with Gasteiger partial charge in [0.2, 0.25) is 0 Å². The van der Waals surface area contributed by atoms with Crippen molar-refractivity contribution in [3.05, 3.63) is 71.5 Å². The predicted octanol–water partition coefficient (Wildman–Crippen LogP) is 6.92. The monoisotopic (exact) mass is 453 g/mol. The van der Waals surface area contributed by atoms with E-state index in [9.17, 15) is 8.42 Å². The van der Waals surface area contributed by atoms with Crippen molar-refractivity contribution in [1.82, 2.24) is 3.97 Å². The fraction of sp³-hybridized carbons (Fsp3) is 0.407. The summed E-state index contributed by atoms with van der Waals surface area (Å²) in [6.45, 7) is 6.21. The minimum atomic E-state index is -3.67. The van der Waals surface area contributed by atoms with Gasteiger partial charge in [-0.25, -0.2) is 12.4 Å². The molecule has 172 valence electrons. The van der Waals surface area contributed by atoms with Crippen LogP contribution in [0.25, 0.3) is 11.1 Å². The van der Waals surface area contributed by atoms with Crippen molar-refractivity contribution in [2.75, 3.05) is 7.11 Å². The lowest BCUT2D eigenvalue weighted by Crippen LogP contribution is -2.15. The molecule has 4 nitrogen and oxygen atoms in total. The van der Waals surface area contributed by atoms with Gasteiger partial charge in [0.1, 0.15) is 5.75 Å². The van der Waals surface area contributed by atoms with Gasteiger partial charge in [-0.1, -0.05) is 68.9 Å². The quantitative estimate of drug-likeness (QED) is 0.296. The van der Waals surface area contributed by atoms with Crippen LogP contribution < -0.4 is 4.74 Å². The smallest absolute Gasteiger partial charge is 0.267 e. The van der Waals surface area contributed by atoms with Crippen molar-refractivity contribution in [3.8, 4) is 16.9 Å². The molecule has 0 N–H and O–H groups in total. The normalized spacial score (nSPS) is 11.6. The number of aromatic nitrogens is 1. The van der Waals surface area contributed by atoms with Gasteiger partial charge < -0.3 is 4.74 Å². The molecule has 32 heavy (non-hydrogen) atoms. The van der Waals surface area contributed by atoms with Gasteiger partial charge in [0, 0.05) is 17.5 Å². The Kier molecular flexibility index (Phi) is 8.19. The summed E-state index contributed by atoms with van der Waals surface area (Å²) in [7, 11) is -2.03. The van der Waals surface area contributed by atoms with Crippen LogP contribution in [-0.4, -0.2) is 19.5 Å². The first-order valence-corrected chi connectivity index (χ1v) is 13.0. The average molecular weight is 454 g/mol. The van der Waals surface area contributed by atoms with Gasteiger partial charge in [-0.05, 0) is 62.1 Å². The molecule has 0 amide bonds. The van der Waals surface area contributed by atoms with E-state index in [1.807, 2.05) is 50.2 Å². The lowest BCUT2D eigenvalue weighted by Gasteiger charge is -2.12. The van der Waals surface area contributed by atoms with E-state index in [0.29, 0.717) is 4.90 Å². The molecule has 5 heteroatoms. The zero-order chi connectivity index (χ0) is 23.1. The molecule has 0 unspecified atom stereocenters. The molecule has 1 heterocycles. The Morgan fingerprint density at radius 3 is 2.09 bits per heavy atom. The Labute approximate surface area is 193 Å². The van der Waals surface area contributed by atoms with Crippen LogP contribution in [0.4, 0.5) is 0 Å². The molecular formula is C27H35NO3S. The molecule has 0 aliphatic carbocycles. The van der Waals surface area contributed by atoms with Gasteiger partial charge in [-0.3, -0.25) is 0 Å². The maximum Gasteiger partial charge on any atom is 0.267 e. The SMILES string of the molecule is CCCCCCCCc1c(C)c(-c2ccc(OC)cc2)cn1S(=O)(=O)c1ccc(C)cc1. The van der Waals surface area contributed by atoms with E-state index in [1.54, 1.807) is 25.4 Å². The highest BCUT2D eigenvalue weighted by Gasteiger charge is 2.24. The van der Waals surface area contributed by atoms with Gasteiger partial charge in [0.25, 0.3) is 10.0 Å². The minimum Gasteiger partial charge on any atom is -0.497 e. The van der Waals surface area contributed by atoms with E-state index >= 15 is 0 Å². The third kappa shape index (κ3) is 5.44. The first-order chi connectivity index (χ1) is 15.4. The summed E-state index contributed by atoms with van der Waals surface area (Å²) in [5.41, 5.74) is 4.89. The number of benzene rings is 2. The van der Waals surface area contributed by atoms with Gasteiger partial charge in [0.05, 0.1) is 12.0 Å². The third-order valence-corrected chi connectivity index (χ3v) is 7.81. The Bertz CT molecular complexity index is 1110. The summed E-state index contributed by atoms with van der Waals surface area (Å²) in [4.78, 5) is 0.323. The van der Waals surface area contributed by atoms with Gasteiger partial charge in [-0.15, -0.1) is 0 Å². The molecular weight excluding hydrogens is 418 g/mol. The molecule has 3 rings (SSSR count). The van der Waals surface area contributed by atoms with E-state index in [2.05, 4.69) is 6.92 Å². The molecule has 2 aromatic carbocycles. The molecule has 0 atom stereocenters. The summed E-state index contributed by atoms with van der Waals surface area (Å²) < 4.78 is 34.0. The zero-order valence-corrected chi connectivity index (χ0v) is 20.5. The molecule has 0 fully saturated rings. The molecule has 0 aliphatic rings. The largest absolute Gasteiger partial charge is 0.497 e. The first kappa shape index (κ1) is 24.1. The summed E-state index contributed by atoms with van der Waals surface area (Å²) >= 11 is 0. The van der Waals surface area contributed by atoms with E-state index in [1.165, 1.54) is 29.7 Å². The summed E-state index contributed by atoms with van der Waals surface area (Å²) in [6, 6.07) is 14.9. The highest BCUT2D eigenvalue weighted by Crippen LogP contribution is 2.32. The maximum atomic E-state index is 13.6. The van der Waals surface area contributed by atoms with E-state index in [0.717, 1.165) is 53.0 Å². The Morgan fingerprint density at radius 1 is 0.844 bits per heavy atom. The molecule has 1 aromatic heterocycles. The van der Waals surface area contributed by atoms with E-state index in [-0.39, 0.29) is 0 Å². The van der Waals surface area contributed by atoms with Crippen molar-refractivity contribution in [2.45, 2.75) is 70.6 Å². The van der Waals surface area contributed by atoms with Crippen LogP contribution in [0.3, 0.4) is 0 Å². The minimum absolute atomic E-state index is 0.323. The summed E-state index contributed by atoms with van der Waals surface area (Å²) in [5.74, 6) is 0.783. The molecule has 3 aromatic rings. The average Bonchev–Trinajstić information content (AvgIpc) is 3.13. The van der Waals surface area contributed by atoms with Crippen LogP contribution in [0, 0.1) is 13.8 Å². The molecule has 0 saturated carbocycles. The van der Waals surface area contributed by atoms with E-state index in [4.69, 9.17) is 4.74 Å². The van der Waals surface area contributed by atoms with Crippen LogP contribution in [0.15, 0.2) is 59.6 Å². The summed E-state index contributed by atoms with van der Waals surface area (Å²) in [5, 5.41) is 0. The second kappa shape index (κ2) is 10.9. The third-order valence-electron chi connectivity index (χ3n) is 6.10. The van der Waals surface area contributed by atoms with Crippen molar-refractivity contribution < 1.29 is 13.2 Å². The molecule has 0 radical (unpaired) electrons. The highest BCUT2D eigenvalue weighted by molar-refractivity contribution is 7.90. The van der Waals surface area contributed by atoms with Crippen molar-refractivity contribution in [2.24, 2.45) is 0 Å². The second-order valence-electron chi connectivity index (χ2n) is 8.47.